The number of rotatable bonds is 5. The van der Waals surface area contributed by atoms with Crippen LogP contribution in [-0.4, -0.2) is 25.1 Å². The van der Waals surface area contributed by atoms with Crippen LogP contribution in [0.25, 0.3) is 0 Å². The molecule has 1 aromatic heterocycles. The number of nitrogens with zero attached hydrogens (tertiary/aromatic N) is 2. The van der Waals surface area contributed by atoms with Crippen LogP contribution in [0.3, 0.4) is 0 Å². The lowest BCUT2D eigenvalue weighted by Gasteiger charge is -2.13. The summed E-state index contributed by atoms with van der Waals surface area (Å²) in [4.78, 5) is 8.08. The fraction of sp³-hybridized carbons (Fsp3) is 0.294. The minimum absolute atomic E-state index is 0. The SMILES string of the molecule is CN=C(NCc1cccc(C(F)(F)F)c1)NCc1ccnc(OC)c1.I. The van der Waals surface area contributed by atoms with Crippen molar-refractivity contribution in [3.8, 4) is 5.88 Å². The third-order valence-corrected chi connectivity index (χ3v) is 3.41. The van der Waals surface area contributed by atoms with E-state index in [1.165, 1.54) is 13.2 Å². The average molecular weight is 480 g/mol. The number of methoxy groups -OCH3 is 1. The molecule has 0 spiro atoms. The van der Waals surface area contributed by atoms with Crippen molar-refractivity contribution in [3.05, 3.63) is 59.3 Å². The van der Waals surface area contributed by atoms with E-state index < -0.39 is 11.7 Å². The van der Waals surface area contributed by atoms with Crippen LogP contribution in [0.15, 0.2) is 47.6 Å². The Morgan fingerprint density at radius 1 is 1.12 bits per heavy atom. The number of guanidine groups is 1. The Morgan fingerprint density at radius 3 is 2.35 bits per heavy atom. The van der Waals surface area contributed by atoms with Crippen LogP contribution in [-0.2, 0) is 19.3 Å². The van der Waals surface area contributed by atoms with Gasteiger partial charge in [0, 0.05) is 32.4 Å². The number of halogens is 4. The highest BCUT2D eigenvalue weighted by atomic mass is 127. The summed E-state index contributed by atoms with van der Waals surface area (Å²) >= 11 is 0. The molecule has 26 heavy (non-hydrogen) atoms. The maximum absolute atomic E-state index is 12.7. The molecule has 1 aromatic carbocycles. The predicted octanol–water partition coefficient (Wildman–Crippen LogP) is 3.59. The Morgan fingerprint density at radius 2 is 1.77 bits per heavy atom. The molecule has 2 aromatic rings. The molecule has 2 rings (SSSR count). The minimum atomic E-state index is -4.35. The topological polar surface area (TPSA) is 58.5 Å². The van der Waals surface area contributed by atoms with Crippen molar-refractivity contribution in [1.82, 2.24) is 15.6 Å². The number of benzene rings is 1. The molecule has 0 unspecified atom stereocenters. The van der Waals surface area contributed by atoms with Gasteiger partial charge >= 0.3 is 6.18 Å². The average Bonchev–Trinajstić information content (AvgIpc) is 2.61. The van der Waals surface area contributed by atoms with Crippen molar-refractivity contribution >= 4 is 29.9 Å². The summed E-state index contributed by atoms with van der Waals surface area (Å²) in [5.41, 5.74) is 0.788. The molecule has 0 fully saturated rings. The van der Waals surface area contributed by atoms with Gasteiger partial charge in [-0.05, 0) is 29.3 Å². The third kappa shape index (κ3) is 6.70. The highest BCUT2D eigenvalue weighted by molar-refractivity contribution is 14.0. The fourth-order valence-electron chi connectivity index (χ4n) is 2.12. The molecular weight excluding hydrogens is 460 g/mol. The summed E-state index contributed by atoms with van der Waals surface area (Å²) < 4.78 is 43.2. The fourth-order valence-corrected chi connectivity index (χ4v) is 2.12. The number of alkyl halides is 3. The predicted molar refractivity (Wildman–Crippen MR) is 105 cm³/mol. The monoisotopic (exact) mass is 480 g/mol. The van der Waals surface area contributed by atoms with Gasteiger partial charge in [-0.2, -0.15) is 13.2 Å². The van der Waals surface area contributed by atoms with E-state index in [1.54, 1.807) is 25.4 Å². The largest absolute Gasteiger partial charge is 0.481 e. The Kier molecular flexibility index (Phi) is 8.62. The summed E-state index contributed by atoms with van der Waals surface area (Å²) in [6, 6.07) is 8.80. The van der Waals surface area contributed by atoms with Gasteiger partial charge in [0.1, 0.15) is 0 Å². The van der Waals surface area contributed by atoms with Crippen molar-refractivity contribution in [2.24, 2.45) is 4.99 Å². The molecule has 0 aliphatic rings. The van der Waals surface area contributed by atoms with Gasteiger partial charge in [-0.1, -0.05) is 12.1 Å². The molecule has 142 valence electrons. The normalized spacial score (nSPS) is 11.5. The number of pyridine rings is 1. The zero-order valence-corrected chi connectivity index (χ0v) is 16.6. The molecular formula is C17H20F3IN4O. The Hall–Kier alpha value is -2.04. The number of nitrogens with one attached hydrogen (secondary N) is 2. The van der Waals surface area contributed by atoms with Crippen molar-refractivity contribution in [2.45, 2.75) is 19.3 Å². The van der Waals surface area contributed by atoms with E-state index >= 15 is 0 Å². The first kappa shape index (κ1) is 22.0. The summed E-state index contributed by atoms with van der Waals surface area (Å²) in [5, 5.41) is 6.07. The molecule has 0 amide bonds. The Labute approximate surface area is 167 Å². The first-order valence-corrected chi connectivity index (χ1v) is 7.52. The number of ether oxygens (including phenoxy) is 1. The van der Waals surface area contributed by atoms with Gasteiger partial charge in [-0.3, -0.25) is 4.99 Å². The molecule has 0 atom stereocenters. The first-order chi connectivity index (χ1) is 11.9. The van der Waals surface area contributed by atoms with Crippen LogP contribution in [0.5, 0.6) is 5.88 Å². The van der Waals surface area contributed by atoms with Gasteiger partial charge in [0.25, 0.3) is 0 Å². The maximum Gasteiger partial charge on any atom is 0.416 e. The zero-order chi connectivity index (χ0) is 18.3. The van der Waals surface area contributed by atoms with Crippen molar-refractivity contribution < 1.29 is 17.9 Å². The molecule has 0 saturated heterocycles. The van der Waals surface area contributed by atoms with Crippen LogP contribution < -0.4 is 15.4 Å². The molecule has 9 heteroatoms. The van der Waals surface area contributed by atoms with Crippen LogP contribution in [0.4, 0.5) is 13.2 Å². The third-order valence-electron chi connectivity index (χ3n) is 3.41. The summed E-state index contributed by atoms with van der Waals surface area (Å²) in [6.45, 7) is 0.699. The maximum atomic E-state index is 12.7. The molecule has 0 aliphatic carbocycles. The molecule has 0 bridgehead atoms. The number of aromatic nitrogens is 1. The lowest BCUT2D eigenvalue weighted by atomic mass is 10.1. The highest BCUT2D eigenvalue weighted by Crippen LogP contribution is 2.29. The van der Waals surface area contributed by atoms with Crippen LogP contribution in [0.1, 0.15) is 16.7 Å². The quantitative estimate of drug-likeness (QED) is 0.390. The van der Waals surface area contributed by atoms with Gasteiger partial charge < -0.3 is 15.4 Å². The lowest BCUT2D eigenvalue weighted by Crippen LogP contribution is -2.36. The van der Waals surface area contributed by atoms with Gasteiger partial charge in [0.2, 0.25) is 5.88 Å². The molecule has 0 saturated carbocycles. The zero-order valence-electron chi connectivity index (χ0n) is 14.3. The second kappa shape index (κ2) is 10.2. The summed E-state index contributed by atoms with van der Waals surface area (Å²) in [7, 11) is 3.13. The van der Waals surface area contributed by atoms with Crippen LogP contribution >= 0.6 is 24.0 Å². The van der Waals surface area contributed by atoms with Gasteiger partial charge in [-0.25, -0.2) is 4.98 Å². The van der Waals surface area contributed by atoms with Crippen LogP contribution in [0.2, 0.25) is 0 Å². The van der Waals surface area contributed by atoms with E-state index in [1.807, 2.05) is 6.07 Å². The summed E-state index contributed by atoms with van der Waals surface area (Å²) in [5.74, 6) is 0.986. The second-order valence-corrected chi connectivity index (χ2v) is 5.18. The van der Waals surface area contributed by atoms with Crippen molar-refractivity contribution in [3.63, 3.8) is 0 Å². The van der Waals surface area contributed by atoms with E-state index in [0.717, 1.165) is 17.7 Å². The van der Waals surface area contributed by atoms with Crippen molar-refractivity contribution in [1.29, 1.82) is 0 Å². The van der Waals surface area contributed by atoms with E-state index in [0.29, 0.717) is 23.9 Å². The van der Waals surface area contributed by atoms with Crippen LogP contribution in [0, 0.1) is 0 Å². The van der Waals surface area contributed by atoms with E-state index in [9.17, 15) is 13.2 Å². The molecule has 0 aliphatic heterocycles. The second-order valence-electron chi connectivity index (χ2n) is 5.18. The number of hydrogen-bond acceptors (Lipinski definition) is 3. The van der Waals surface area contributed by atoms with E-state index in [4.69, 9.17) is 4.74 Å². The van der Waals surface area contributed by atoms with Crippen molar-refractivity contribution in [2.75, 3.05) is 14.2 Å². The first-order valence-electron chi connectivity index (χ1n) is 7.52. The van der Waals surface area contributed by atoms with E-state index in [2.05, 4.69) is 20.6 Å². The highest BCUT2D eigenvalue weighted by Gasteiger charge is 2.30. The number of aliphatic imine (C=N–C) groups is 1. The van der Waals surface area contributed by atoms with Gasteiger partial charge in [0.05, 0.1) is 12.7 Å². The molecule has 2 N–H and O–H groups in total. The molecule has 1 heterocycles. The van der Waals surface area contributed by atoms with Gasteiger partial charge in [0.15, 0.2) is 5.96 Å². The van der Waals surface area contributed by atoms with E-state index in [-0.39, 0.29) is 30.5 Å². The summed E-state index contributed by atoms with van der Waals surface area (Å²) in [6.07, 6.45) is -2.72. The molecule has 0 radical (unpaired) electrons. The van der Waals surface area contributed by atoms with Gasteiger partial charge in [-0.15, -0.1) is 24.0 Å². The lowest BCUT2D eigenvalue weighted by molar-refractivity contribution is -0.137. The standard InChI is InChI=1S/C17H19F3N4O.HI/c1-21-16(24-11-13-6-7-22-15(9-13)25-2)23-10-12-4-3-5-14(8-12)17(18,19)20;/h3-9H,10-11H2,1-2H3,(H2,21,23,24);1H. The molecule has 5 nitrogen and oxygen atoms in total. The minimum Gasteiger partial charge on any atom is -0.481 e. The Balaban J connectivity index is 0.00000338. The smallest absolute Gasteiger partial charge is 0.416 e. The Bertz CT molecular complexity index is 738. The number of hydrogen-bond donors (Lipinski definition) is 2.